The van der Waals surface area contributed by atoms with Crippen LogP contribution < -0.4 is 10.5 Å². The van der Waals surface area contributed by atoms with Gasteiger partial charge in [-0.25, -0.2) is 4.68 Å². The lowest BCUT2D eigenvalue weighted by molar-refractivity contribution is 0.152. The van der Waals surface area contributed by atoms with E-state index in [0.29, 0.717) is 35.2 Å². The first-order valence-corrected chi connectivity index (χ1v) is 8.58. The van der Waals surface area contributed by atoms with Crippen molar-refractivity contribution in [1.29, 1.82) is 0 Å². The van der Waals surface area contributed by atoms with Crippen LogP contribution in [0.1, 0.15) is 12.0 Å². The molecular weight excluding hydrogens is 342 g/mol. The topological polar surface area (TPSA) is 76.0 Å². The Kier molecular flexibility index (Phi) is 4.19. The molecule has 1 N–H and O–H groups in total. The van der Waals surface area contributed by atoms with Gasteiger partial charge in [0.1, 0.15) is 5.39 Å². The maximum atomic E-state index is 12.5. The number of aromatic amines is 1. The summed E-state index contributed by atoms with van der Waals surface area (Å²) in [6.07, 6.45) is 2.60. The van der Waals surface area contributed by atoms with Crippen molar-refractivity contribution in [2.24, 2.45) is 0 Å². The highest BCUT2D eigenvalue weighted by Gasteiger charge is 2.16. The van der Waals surface area contributed by atoms with Gasteiger partial charge in [0, 0.05) is 30.9 Å². The van der Waals surface area contributed by atoms with Crippen molar-refractivity contribution < 1.29 is 4.74 Å². The number of H-pyrrole nitrogens is 1. The van der Waals surface area contributed by atoms with Crippen LogP contribution in [0.4, 0.5) is 5.95 Å². The smallest absolute Gasteiger partial charge is 0.263 e. The first-order chi connectivity index (χ1) is 12.1. The van der Waals surface area contributed by atoms with Crippen LogP contribution in [0.2, 0.25) is 5.02 Å². The third-order valence-corrected chi connectivity index (χ3v) is 4.54. The van der Waals surface area contributed by atoms with Crippen LogP contribution >= 0.6 is 11.6 Å². The van der Waals surface area contributed by atoms with Gasteiger partial charge < -0.3 is 9.64 Å². The Bertz CT molecular complexity index is 973. The van der Waals surface area contributed by atoms with Crippen molar-refractivity contribution in [2.75, 3.05) is 31.2 Å². The summed E-state index contributed by atoms with van der Waals surface area (Å²) in [6, 6.07) is 5.55. The molecule has 3 heterocycles. The van der Waals surface area contributed by atoms with Crippen molar-refractivity contribution in [3.63, 3.8) is 0 Å². The summed E-state index contributed by atoms with van der Waals surface area (Å²) in [5.74, 6) is 0.543. The maximum absolute atomic E-state index is 12.5. The Hall–Kier alpha value is -2.38. The Morgan fingerprint density at radius 3 is 3.00 bits per heavy atom. The molecule has 0 saturated carbocycles. The van der Waals surface area contributed by atoms with Gasteiger partial charge in [-0.1, -0.05) is 11.6 Å². The first-order valence-electron chi connectivity index (χ1n) is 8.21. The summed E-state index contributed by atoms with van der Waals surface area (Å²) in [5, 5.41) is 5.63. The molecule has 8 heteroatoms. The molecule has 1 saturated heterocycles. The molecule has 1 aliphatic heterocycles. The quantitative estimate of drug-likeness (QED) is 0.759. The van der Waals surface area contributed by atoms with E-state index in [1.165, 1.54) is 0 Å². The minimum atomic E-state index is -0.192. The van der Waals surface area contributed by atoms with E-state index in [4.69, 9.17) is 16.3 Å². The number of benzene rings is 1. The SMILES string of the molecule is Cc1cc(Cl)ccc1-n1cc2c(=O)[nH]c(N3CCCOCC3)nc2n1. The highest BCUT2D eigenvalue weighted by atomic mass is 35.5. The highest BCUT2D eigenvalue weighted by molar-refractivity contribution is 6.30. The monoisotopic (exact) mass is 359 g/mol. The van der Waals surface area contributed by atoms with Gasteiger partial charge in [0.25, 0.3) is 5.56 Å². The molecule has 7 nitrogen and oxygen atoms in total. The Balaban J connectivity index is 1.77. The molecule has 1 aliphatic rings. The molecule has 3 aromatic rings. The van der Waals surface area contributed by atoms with E-state index in [2.05, 4.69) is 15.1 Å². The fraction of sp³-hybridized carbons (Fsp3) is 0.353. The van der Waals surface area contributed by atoms with E-state index in [9.17, 15) is 4.79 Å². The van der Waals surface area contributed by atoms with Crippen LogP contribution in [0.15, 0.2) is 29.2 Å². The van der Waals surface area contributed by atoms with Crippen LogP contribution in [0.3, 0.4) is 0 Å². The minimum Gasteiger partial charge on any atom is -0.380 e. The molecular formula is C17H18ClN5O2. The van der Waals surface area contributed by atoms with Gasteiger partial charge in [-0.3, -0.25) is 9.78 Å². The Morgan fingerprint density at radius 2 is 2.16 bits per heavy atom. The molecule has 0 spiro atoms. The van der Waals surface area contributed by atoms with E-state index >= 15 is 0 Å². The normalized spacial score (nSPS) is 15.5. The molecule has 130 valence electrons. The predicted molar refractivity (Wildman–Crippen MR) is 96.9 cm³/mol. The maximum Gasteiger partial charge on any atom is 0.263 e. The summed E-state index contributed by atoms with van der Waals surface area (Å²) < 4.78 is 7.13. The summed E-state index contributed by atoms with van der Waals surface area (Å²) in [4.78, 5) is 21.9. The van der Waals surface area contributed by atoms with E-state index in [1.54, 1.807) is 16.9 Å². The second kappa shape index (κ2) is 6.50. The summed E-state index contributed by atoms with van der Waals surface area (Å²) >= 11 is 6.02. The number of hydrogen-bond acceptors (Lipinski definition) is 5. The standard InChI is InChI=1S/C17H18ClN5O2/c1-11-9-12(18)3-4-14(11)23-10-13-15(21-23)19-17(20-16(13)24)22-5-2-7-25-8-6-22/h3-4,9-10H,2,5-8H2,1H3,(H,19,20,21,24). The van der Waals surface area contributed by atoms with E-state index in [-0.39, 0.29) is 5.56 Å². The van der Waals surface area contributed by atoms with Crippen LogP contribution in [0.5, 0.6) is 0 Å². The molecule has 0 aliphatic carbocycles. The lowest BCUT2D eigenvalue weighted by Gasteiger charge is -2.19. The number of anilines is 1. The zero-order valence-corrected chi connectivity index (χ0v) is 14.6. The zero-order valence-electron chi connectivity index (χ0n) is 13.8. The molecule has 4 rings (SSSR count). The van der Waals surface area contributed by atoms with E-state index in [1.807, 2.05) is 24.0 Å². The van der Waals surface area contributed by atoms with E-state index < -0.39 is 0 Å². The summed E-state index contributed by atoms with van der Waals surface area (Å²) in [7, 11) is 0. The molecule has 0 atom stereocenters. The predicted octanol–water partition coefficient (Wildman–Crippen LogP) is 2.30. The summed E-state index contributed by atoms with van der Waals surface area (Å²) in [6.45, 7) is 4.80. The number of halogens is 1. The number of fused-ring (bicyclic) bond motifs is 1. The third kappa shape index (κ3) is 3.12. The van der Waals surface area contributed by atoms with Gasteiger partial charge in [-0.05, 0) is 37.1 Å². The molecule has 25 heavy (non-hydrogen) atoms. The Labute approximate surface area is 149 Å². The van der Waals surface area contributed by atoms with Gasteiger partial charge in [0.15, 0.2) is 5.65 Å². The largest absolute Gasteiger partial charge is 0.380 e. The number of rotatable bonds is 2. The summed E-state index contributed by atoms with van der Waals surface area (Å²) in [5.41, 5.74) is 2.08. The number of aromatic nitrogens is 4. The van der Waals surface area contributed by atoms with Gasteiger partial charge in [-0.15, -0.1) is 5.10 Å². The molecule has 0 amide bonds. The average Bonchev–Trinajstić information content (AvgIpc) is 2.82. The fourth-order valence-electron chi connectivity index (χ4n) is 3.01. The van der Waals surface area contributed by atoms with Crippen LogP contribution in [-0.4, -0.2) is 46.1 Å². The highest BCUT2D eigenvalue weighted by Crippen LogP contribution is 2.20. The second-order valence-corrected chi connectivity index (χ2v) is 6.52. The fourth-order valence-corrected chi connectivity index (χ4v) is 3.24. The second-order valence-electron chi connectivity index (χ2n) is 6.08. The molecule has 0 unspecified atom stereocenters. The average molecular weight is 360 g/mol. The third-order valence-electron chi connectivity index (χ3n) is 4.30. The van der Waals surface area contributed by atoms with Crippen molar-refractivity contribution in [2.45, 2.75) is 13.3 Å². The van der Waals surface area contributed by atoms with Gasteiger partial charge >= 0.3 is 0 Å². The van der Waals surface area contributed by atoms with Crippen molar-refractivity contribution >= 4 is 28.6 Å². The number of hydrogen-bond donors (Lipinski definition) is 1. The molecule has 0 radical (unpaired) electrons. The van der Waals surface area contributed by atoms with Crippen molar-refractivity contribution in [1.82, 2.24) is 19.7 Å². The first kappa shape index (κ1) is 16.1. The molecule has 2 aromatic heterocycles. The number of nitrogens with zero attached hydrogens (tertiary/aromatic N) is 4. The Morgan fingerprint density at radius 1 is 1.28 bits per heavy atom. The number of aryl methyl sites for hydroxylation is 1. The lowest BCUT2D eigenvalue weighted by atomic mass is 10.2. The van der Waals surface area contributed by atoms with Crippen LogP contribution in [0.25, 0.3) is 16.7 Å². The number of nitrogens with one attached hydrogen (secondary N) is 1. The van der Waals surface area contributed by atoms with Crippen LogP contribution in [-0.2, 0) is 4.74 Å². The molecule has 0 bridgehead atoms. The van der Waals surface area contributed by atoms with Gasteiger partial charge in [0.05, 0.1) is 12.3 Å². The van der Waals surface area contributed by atoms with Crippen LogP contribution in [0, 0.1) is 6.92 Å². The zero-order chi connectivity index (χ0) is 17.4. The molecule has 1 aromatic carbocycles. The van der Waals surface area contributed by atoms with Gasteiger partial charge in [0.2, 0.25) is 5.95 Å². The minimum absolute atomic E-state index is 0.192. The lowest BCUT2D eigenvalue weighted by Crippen LogP contribution is -2.29. The van der Waals surface area contributed by atoms with Crippen molar-refractivity contribution in [3.05, 3.63) is 45.3 Å². The molecule has 1 fully saturated rings. The number of ether oxygens (including phenoxy) is 1. The van der Waals surface area contributed by atoms with Crippen molar-refractivity contribution in [3.8, 4) is 5.69 Å². The van der Waals surface area contributed by atoms with Gasteiger partial charge in [-0.2, -0.15) is 4.98 Å². The van der Waals surface area contributed by atoms with E-state index in [0.717, 1.165) is 30.8 Å².